The molecule has 3 aromatic rings. The molecule has 0 unspecified atom stereocenters. The van der Waals surface area contributed by atoms with Gasteiger partial charge in [0, 0.05) is 0 Å². The Kier molecular flexibility index (Phi) is 8.58. The average molecular weight is 453 g/mol. The van der Waals surface area contributed by atoms with Crippen LogP contribution in [-0.4, -0.2) is 42.5 Å². The molecule has 1 heterocycles. The molecule has 4 rings (SSSR count). The summed E-state index contributed by atoms with van der Waals surface area (Å²) in [6, 6.07) is 28.7. The highest BCUT2D eigenvalue weighted by molar-refractivity contribution is 5.15. The van der Waals surface area contributed by atoms with E-state index in [4.69, 9.17) is 18.9 Å². The largest absolute Gasteiger partial charge is 0.387 e. The number of aliphatic hydroxyl groups excluding tert-OH is 1. The van der Waals surface area contributed by atoms with Gasteiger partial charge in [-0.2, -0.15) is 0 Å². The number of rotatable bonds is 10. The van der Waals surface area contributed by atoms with Crippen molar-refractivity contribution in [1.82, 2.24) is 0 Å². The van der Waals surface area contributed by atoms with Crippen LogP contribution in [0.1, 0.15) is 16.7 Å². The predicted octanol–water partition coefficient (Wildman–Crippen LogP) is 4.43. The Morgan fingerprint density at radius 2 is 1.12 bits per heavy atom. The van der Waals surface area contributed by atoms with E-state index in [1.54, 1.807) is 0 Å². The van der Waals surface area contributed by atoms with Crippen LogP contribution in [0.2, 0.25) is 0 Å². The van der Waals surface area contributed by atoms with Crippen LogP contribution >= 0.6 is 0 Å². The third kappa shape index (κ3) is 6.69. The zero-order chi connectivity index (χ0) is 22.9. The molecule has 1 aliphatic rings. The van der Waals surface area contributed by atoms with Crippen LogP contribution in [0.25, 0.3) is 0 Å². The molecule has 3 aromatic carbocycles. The maximum absolute atomic E-state index is 14.9. The molecular formula is C27H29FO5. The number of hydrogen-bond donors (Lipinski definition) is 1. The van der Waals surface area contributed by atoms with Gasteiger partial charge in [0.2, 0.25) is 6.36 Å². The number of alkyl halides is 1. The van der Waals surface area contributed by atoms with E-state index in [-0.39, 0.29) is 19.8 Å². The van der Waals surface area contributed by atoms with Crippen molar-refractivity contribution in [3.05, 3.63) is 108 Å². The molecule has 6 heteroatoms. The zero-order valence-corrected chi connectivity index (χ0v) is 18.3. The molecule has 1 fully saturated rings. The lowest BCUT2D eigenvalue weighted by molar-refractivity contribution is -0.288. The zero-order valence-electron chi connectivity index (χ0n) is 18.3. The fourth-order valence-electron chi connectivity index (χ4n) is 3.80. The number of halogens is 1. The van der Waals surface area contributed by atoms with Gasteiger partial charge in [0.05, 0.1) is 26.4 Å². The Balaban J connectivity index is 1.41. The van der Waals surface area contributed by atoms with E-state index in [0.29, 0.717) is 6.61 Å². The normalized spacial score (nSPS) is 25.1. The van der Waals surface area contributed by atoms with Gasteiger partial charge in [-0.3, -0.25) is 0 Å². The van der Waals surface area contributed by atoms with Crippen LogP contribution in [-0.2, 0) is 38.8 Å². The SMILES string of the molecule is O[C@@H]1[C@@H](OCc2ccccc2)[C@H](F)O[C@H](COCc2ccccc2)[C@@H]1OCc1ccccc1. The molecule has 174 valence electrons. The van der Waals surface area contributed by atoms with E-state index in [1.165, 1.54) is 0 Å². The first-order valence-corrected chi connectivity index (χ1v) is 11.1. The second-order valence-corrected chi connectivity index (χ2v) is 8.04. The smallest absolute Gasteiger partial charge is 0.228 e. The minimum absolute atomic E-state index is 0.0806. The van der Waals surface area contributed by atoms with E-state index in [2.05, 4.69) is 0 Å². The van der Waals surface area contributed by atoms with E-state index >= 15 is 0 Å². The summed E-state index contributed by atoms with van der Waals surface area (Å²) in [7, 11) is 0. The molecule has 1 aliphatic heterocycles. The highest BCUT2D eigenvalue weighted by atomic mass is 19.1. The fourth-order valence-corrected chi connectivity index (χ4v) is 3.80. The average Bonchev–Trinajstić information content (AvgIpc) is 2.85. The van der Waals surface area contributed by atoms with Crippen LogP contribution in [0.3, 0.4) is 0 Å². The Morgan fingerprint density at radius 3 is 1.64 bits per heavy atom. The summed E-state index contributed by atoms with van der Waals surface area (Å²) < 4.78 is 38.0. The molecular weight excluding hydrogens is 423 g/mol. The van der Waals surface area contributed by atoms with Gasteiger partial charge in [0.25, 0.3) is 0 Å². The maximum Gasteiger partial charge on any atom is 0.228 e. The van der Waals surface area contributed by atoms with Crippen molar-refractivity contribution in [1.29, 1.82) is 0 Å². The molecule has 0 spiro atoms. The minimum Gasteiger partial charge on any atom is -0.387 e. The molecule has 0 radical (unpaired) electrons. The lowest BCUT2D eigenvalue weighted by Crippen LogP contribution is -2.59. The lowest BCUT2D eigenvalue weighted by atomic mass is 9.99. The molecule has 1 saturated heterocycles. The first-order valence-electron chi connectivity index (χ1n) is 11.1. The van der Waals surface area contributed by atoms with Crippen molar-refractivity contribution in [2.45, 2.75) is 50.6 Å². The Bertz CT molecular complexity index is 939. The third-order valence-corrected chi connectivity index (χ3v) is 5.57. The van der Waals surface area contributed by atoms with E-state index < -0.39 is 30.8 Å². The molecule has 0 saturated carbocycles. The van der Waals surface area contributed by atoms with E-state index in [9.17, 15) is 9.50 Å². The summed E-state index contributed by atoms with van der Waals surface area (Å²) in [5.41, 5.74) is 2.82. The first-order chi connectivity index (χ1) is 16.2. The first kappa shape index (κ1) is 23.5. The van der Waals surface area contributed by atoms with Crippen molar-refractivity contribution >= 4 is 0 Å². The number of benzene rings is 3. The van der Waals surface area contributed by atoms with Crippen molar-refractivity contribution < 1.29 is 28.4 Å². The monoisotopic (exact) mass is 452 g/mol. The van der Waals surface area contributed by atoms with Gasteiger partial charge >= 0.3 is 0 Å². The predicted molar refractivity (Wildman–Crippen MR) is 122 cm³/mol. The molecule has 33 heavy (non-hydrogen) atoms. The fraction of sp³-hybridized carbons (Fsp3) is 0.333. The quantitative estimate of drug-likeness (QED) is 0.493. The Hall–Kier alpha value is -2.61. The van der Waals surface area contributed by atoms with Crippen molar-refractivity contribution in [2.75, 3.05) is 6.61 Å². The van der Waals surface area contributed by atoms with Gasteiger partial charge in [-0.1, -0.05) is 91.0 Å². The molecule has 0 aromatic heterocycles. The third-order valence-electron chi connectivity index (χ3n) is 5.57. The van der Waals surface area contributed by atoms with Crippen LogP contribution in [0, 0.1) is 0 Å². The van der Waals surface area contributed by atoms with Crippen molar-refractivity contribution in [2.24, 2.45) is 0 Å². The van der Waals surface area contributed by atoms with Gasteiger partial charge in [-0.25, -0.2) is 4.39 Å². The van der Waals surface area contributed by atoms with E-state index in [0.717, 1.165) is 16.7 Å². The summed E-state index contributed by atoms with van der Waals surface area (Å²) in [5.74, 6) is 0. The highest BCUT2D eigenvalue weighted by Crippen LogP contribution is 2.28. The van der Waals surface area contributed by atoms with Gasteiger partial charge < -0.3 is 24.1 Å². The number of aliphatic hydroxyl groups is 1. The topological polar surface area (TPSA) is 57.2 Å². The van der Waals surface area contributed by atoms with Crippen LogP contribution in [0.4, 0.5) is 4.39 Å². The van der Waals surface area contributed by atoms with Crippen molar-refractivity contribution in [3.8, 4) is 0 Å². The summed E-state index contributed by atoms with van der Waals surface area (Å²) in [6.07, 6.45) is -5.78. The van der Waals surface area contributed by atoms with Gasteiger partial charge in [-0.15, -0.1) is 0 Å². The summed E-state index contributed by atoms with van der Waals surface area (Å²) >= 11 is 0. The number of ether oxygens (including phenoxy) is 4. The maximum atomic E-state index is 14.9. The van der Waals surface area contributed by atoms with Crippen LogP contribution in [0.15, 0.2) is 91.0 Å². The molecule has 0 amide bonds. The second kappa shape index (κ2) is 12.0. The van der Waals surface area contributed by atoms with Crippen molar-refractivity contribution in [3.63, 3.8) is 0 Å². The van der Waals surface area contributed by atoms with E-state index in [1.807, 2.05) is 91.0 Å². The standard InChI is InChI=1S/C27H29FO5/c28-27-26(32-18-22-14-8-3-9-15-22)24(29)25(31-17-21-12-6-2-7-13-21)23(33-27)19-30-16-20-10-4-1-5-11-20/h1-15,23-27,29H,16-19H2/t23-,24+,25+,26-,27-/m1/s1. The highest BCUT2D eigenvalue weighted by Gasteiger charge is 2.47. The van der Waals surface area contributed by atoms with Crippen LogP contribution in [0.5, 0.6) is 0 Å². The van der Waals surface area contributed by atoms with Gasteiger partial charge in [0.1, 0.15) is 24.4 Å². The van der Waals surface area contributed by atoms with Gasteiger partial charge in [0.15, 0.2) is 0 Å². The summed E-state index contributed by atoms with van der Waals surface area (Å²) in [6.45, 7) is 0.848. The van der Waals surface area contributed by atoms with Gasteiger partial charge in [-0.05, 0) is 16.7 Å². The molecule has 1 N–H and O–H groups in total. The summed E-state index contributed by atoms with van der Waals surface area (Å²) in [4.78, 5) is 0. The Labute approximate surface area is 193 Å². The summed E-state index contributed by atoms with van der Waals surface area (Å²) in [5, 5.41) is 11.0. The molecule has 0 bridgehead atoms. The van der Waals surface area contributed by atoms with Crippen LogP contribution < -0.4 is 0 Å². The molecule has 5 atom stereocenters. The second-order valence-electron chi connectivity index (χ2n) is 8.04. The Morgan fingerprint density at radius 1 is 0.667 bits per heavy atom. The minimum atomic E-state index is -1.80. The molecule has 0 aliphatic carbocycles. The molecule has 5 nitrogen and oxygen atoms in total. The lowest BCUT2D eigenvalue weighted by Gasteiger charge is -2.41. The number of hydrogen-bond acceptors (Lipinski definition) is 5.